The maximum atomic E-state index is 5.69. The van der Waals surface area contributed by atoms with Gasteiger partial charge in [-0.25, -0.2) is 4.68 Å². The summed E-state index contributed by atoms with van der Waals surface area (Å²) < 4.78 is 1.83. The Morgan fingerprint density at radius 1 is 0.826 bits per heavy atom. The van der Waals surface area contributed by atoms with Crippen LogP contribution in [0.1, 0.15) is 5.56 Å². The van der Waals surface area contributed by atoms with Gasteiger partial charge >= 0.3 is 0 Å². The van der Waals surface area contributed by atoms with Crippen LogP contribution in [0.4, 0.5) is 0 Å². The van der Waals surface area contributed by atoms with Gasteiger partial charge in [0.25, 0.3) is 0 Å². The summed E-state index contributed by atoms with van der Waals surface area (Å²) in [7, 11) is 0. The molecule has 23 heavy (non-hydrogen) atoms. The van der Waals surface area contributed by atoms with Crippen LogP contribution < -0.4 is 0 Å². The van der Waals surface area contributed by atoms with Crippen LogP contribution in [0.2, 0.25) is 0 Å². The quantitative estimate of drug-likeness (QED) is 0.491. The molecule has 0 saturated carbocycles. The Hall–Kier alpha value is -3.31. The highest BCUT2D eigenvalue weighted by atomic mass is 15.3. The molecule has 0 atom stereocenters. The van der Waals surface area contributed by atoms with E-state index in [2.05, 4.69) is 36.3 Å². The van der Waals surface area contributed by atoms with Crippen LogP contribution >= 0.6 is 0 Å². The van der Waals surface area contributed by atoms with Gasteiger partial charge in [-0.2, -0.15) is 5.10 Å². The van der Waals surface area contributed by atoms with Gasteiger partial charge < -0.3 is 0 Å². The smallest absolute Gasteiger partial charge is 0.108 e. The highest BCUT2D eigenvalue weighted by Gasteiger charge is 2.11. The highest BCUT2D eigenvalue weighted by molar-refractivity contribution is 5.87. The van der Waals surface area contributed by atoms with E-state index in [1.54, 1.807) is 0 Å². The number of hydrogen-bond donors (Lipinski definition) is 0. The molecule has 2 heteroatoms. The molecule has 0 aliphatic heterocycles. The van der Waals surface area contributed by atoms with E-state index in [1.165, 1.54) is 10.8 Å². The second kappa shape index (κ2) is 5.47. The first kappa shape index (κ1) is 13.4. The van der Waals surface area contributed by atoms with Gasteiger partial charge in [-0.3, -0.25) is 0 Å². The zero-order chi connectivity index (χ0) is 15.6. The number of nitrogens with zero attached hydrogens (tertiary/aromatic N) is 2. The van der Waals surface area contributed by atoms with Crippen LogP contribution in [0.15, 0.2) is 79.0 Å². The maximum Gasteiger partial charge on any atom is 0.108 e. The predicted octanol–water partition coefficient (Wildman–Crippen LogP) is 4.67. The Labute approximate surface area is 135 Å². The van der Waals surface area contributed by atoms with Crippen molar-refractivity contribution in [3.05, 3.63) is 84.6 Å². The van der Waals surface area contributed by atoms with Crippen LogP contribution in [0.3, 0.4) is 0 Å². The first-order valence-corrected chi connectivity index (χ1v) is 7.46. The molecule has 1 heterocycles. The molecular weight excluding hydrogens is 280 g/mol. The van der Waals surface area contributed by atoms with Gasteiger partial charge in [0.1, 0.15) is 5.69 Å². The minimum absolute atomic E-state index is 0.795. The highest BCUT2D eigenvalue weighted by Crippen LogP contribution is 2.26. The summed E-state index contributed by atoms with van der Waals surface area (Å²) in [4.78, 5) is 0. The summed E-state index contributed by atoms with van der Waals surface area (Å²) in [6, 6.07) is 24.6. The van der Waals surface area contributed by atoms with Crippen molar-refractivity contribution >= 4 is 10.8 Å². The lowest BCUT2D eigenvalue weighted by Crippen LogP contribution is -1.94. The van der Waals surface area contributed by atoms with Crippen LogP contribution in [0, 0.1) is 12.3 Å². The number of para-hydroxylation sites is 1. The molecular formula is C21H14N2. The van der Waals surface area contributed by atoms with Gasteiger partial charge in [-0.15, -0.1) is 6.42 Å². The molecule has 0 amide bonds. The molecule has 108 valence electrons. The minimum atomic E-state index is 0.795. The van der Waals surface area contributed by atoms with Gasteiger partial charge in [0.05, 0.1) is 11.3 Å². The number of terminal acetylenes is 1. The Morgan fingerprint density at radius 2 is 1.57 bits per heavy atom. The molecule has 0 radical (unpaired) electrons. The normalized spacial score (nSPS) is 10.6. The van der Waals surface area contributed by atoms with E-state index < -0.39 is 0 Å². The fraction of sp³-hybridized carbons (Fsp3) is 0. The van der Waals surface area contributed by atoms with Crippen molar-refractivity contribution in [1.29, 1.82) is 0 Å². The molecule has 0 spiro atoms. The van der Waals surface area contributed by atoms with E-state index in [4.69, 9.17) is 11.5 Å². The van der Waals surface area contributed by atoms with Crippen LogP contribution in [0.25, 0.3) is 27.7 Å². The average molecular weight is 294 g/mol. The number of benzene rings is 3. The van der Waals surface area contributed by atoms with Crippen LogP contribution in [-0.2, 0) is 0 Å². The zero-order valence-corrected chi connectivity index (χ0v) is 12.5. The predicted molar refractivity (Wildman–Crippen MR) is 94.4 cm³/mol. The molecule has 0 saturated heterocycles. The lowest BCUT2D eigenvalue weighted by molar-refractivity contribution is 0.884. The van der Waals surface area contributed by atoms with Gasteiger partial charge in [0.2, 0.25) is 0 Å². The lowest BCUT2D eigenvalue weighted by Gasteiger charge is -2.02. The van der Waals surface area contributed by atoms with Crippen LogP contribution in [-0.4, -0.2) is 9.78 Å². The molecule has 0 aliphatic carbocycles. The molecule has 1 aromatic heterocycles. The molecule has 0 bridgehead atoms. The monoisotopic (exact) mass is 294 g/mol. The summed E-state index contributed by atoms with van der Waals surface area (Å²) in [5, 5.41) is 7.09. The second-order valence-corrected chi connectivity index (χ2v) is 5.38. The third-order valence-electron chi connectivity index (χ3n) is 3.91. The lowest BCUT2D eigenvalue weighted by atomic mass is 10.0. The van der Waals surface area contributed by atoms with E-state index in [0.717, 1.165) is 22.5 Å². The van der Waals surface area contributed by atoms with Gasteiger partial charge in [0.15, 0.2) is 0 Å². The third kappa shape index (κ3) is 2.39. The van der Waals surface area contributed by atoms with E-state index in [9.17, 15) is 0 Å². The summed E-state index contributed by atoms with van der Waals surface area (Å²) in [5.74, 6) is 2.75. The summed E-state index contributed by atoms with van der Waals surface area (Å²) in [6.45, 7) is 0. The van der Waals surface area contributed by atoms with Crippen molar-refractivity contribution in [2.45, 2.75) is 0 Å². The molecule has 3 aromatic carbocycles. The molecule has 0 aliphatic rings. The molecule has 0 unspecified atom stereocenters. The Balaban J connectivity index is 1.87. The molecule has 2 nitrogen and oxygen atoms in total. The van der Waals surface area contributed by atoms with E-state index in [1.807, 2.05) is 53.3 Å². The van der Waals surface area contributed by atoms with Gasteiger partial charge in [0, 0.05) is 11.8 Å². The maximum absolute atomic E-state index is 5.69. The Morgan fingerprint density at radius 3 is 2.35 bits per heavy atom. The first-order valence-electron chi connectivity index (χ1n) is 7.46. The first-order chi connectivity index (χ1) is 11.3. The summed E-state index contributed by atoms with van der Waals surface area (Å²) >= 11 is 0. The van der Waals surface area contributed by atoms with E-state index in [0.29, 0.717) is 0 Å². The van der Waals surface area contributed by atoms with Gasteiger partial charge in [-0.05, 0) is 29.0 Å². The number of rotatable bonds is 2. The summed E-state index contributed by atoms with van der Waals surface area (Å²) in [5.41, 5.74) is 3.66. The van der Waals surface area contributed by atoms with Crippen molar-refractivity contribution in [2.24, 2.45) is 0 Å². The van der Waals surface area contributed by atoms with Crippen molar-refractivity contribution in [3.63, 3.8) is 0 Å². The molecule has 0 fully saturated rings. The standard InChI is InChI=1S/C21H14N2/c1-2-16-15-23(20-10-4-3-5-11-20)22-21(16)19-13-12-17-8-6-7-9-18(17)14-19/h1,3-15H. The third-order valence-corrected chi connectivity index (χ3v) is 3.91. The van der Waals surface area contributed by atoms with Crippen LogP contribution in [0.5, 0.6) is 0 Å². The number of hydrogen-bond acceptors (Lipinski definition) is 1. The number of aromatic nitrogens is 2. The Kier molecular flexibility index (Phi) is 3.18. The molecule has 4 aromatic rings. The minimum Gasteiger partial charge on any atom is -0.239 e. The fourth-order valence-corrected chi connectivity index (χ4v) is 2.74. The van der Waals surface area contributed by atoms with Crippen molar-refractivity contribution in [2.75, 3.05) is 0 Å². The van der Waals surface area contributed by atoms with Crippen molar-refractivity contribution < 1.29 is 0 Å². The zero-order valence-electron chi connectivity index (χ0n) is 12.5. The SMILES string of the molecule is C#Cc1cn(-c2ccccc2)nc1-c1ccc2ccccc2c1. The average Bonchev–Trinajstić information content (AvgIpc) is 3.06. The van der Waals surface area contributed by atoms with Crippen molar-refractivity contribution in [1.82, 2.24) is 9.78 Å². The van der Waals surface area contributed by atoms with Crippen molar-refractivity contribution in [3.8, 4) is 29.3 Å². The molecule has 4 rings (SSSR count). The van der Waals surface area contributed by atoms with Gasteiger partial charge in [-0.1, -0.05) is 60.5 Å². The molecule has 0 N–H and O–H groups in total. The topological polar surface area (TPSA) is 17.8 Å². The van der Waals surface area contributed by atoms with E-state index >= 15 is 0 Å². The number of fused-ring (bicyclic) bond motifs is 1. The summed E-state index contributed by atoms with van der Waals surface area (Å²) in [6.07, 6.45) is 7.59. The Bertz CT molecular complexity index is 1020. The largest absolute Gasteiger partial charge is 0.239 e. The second-order valence-electron chi connectivity index (χ2n) is 5.38. The fourth-order valence-electron chi connectivity index (χ4n) is 2.74. The van der Waals surface area contributed by atoms with E-state index in [-0.39, 0.29) is 0 Å².